The molecule has 2 N–H and O–H groups in total. The summed E-state index contributed by atoms with van der Waals surface area (Å²) in [5, 5.41) is 20.8. The van der Waals surface area contributed by atoms with Crippen LogP contribution in [0.3, 0.4) is 0 Å². The number of benzene rings is 1. The molecule has 98 valence electrons. The summed E-state index contributed by atoms with van der Waals surface area (Å²) in [4.78, 5) is 0. The molecule has 0 aliphatic rings. The molecule has 0 aromatic heterocycles. The molecule has 4 heteroatoms. The first-order chi connectivity index (χ1) is 8.57. The first-order valence-electron chi connectivity index (χ1n) is 6.02. The Hall–Kier alpha value is -1.57. The van der Waals surface area contributed by atoms with E-state index in [1.165, 1.54) is 0 Å². The lowest BCUT2D eigenvalue weighted by molar-refractivity contribution is 0.230. The van der Waals surface area contributed by atoms with Gasteiger partial charge in [-0.25, -0.2) is 0 Å². The summed E-state index contributed by atoms with van der Waals surface area (Å²) < 4.78 is 5.25. The SMILES string of the molecule is CC(C)(CCO)NCc1cccc(OCC#N)c1. The van der Waals surface area contributed by atoms with Crippen LogP contribution in [0.4, 0.5) is 0 Å². The topological polar surface area (TPSA) is 65.3 Å². The summed E-state index contributed by atoms with van der Waals surface area (Å²) in [6.45, 7) is 5.05. The Balaban J connectivity index is 2.54. The number of rotatable bonds is 7. The molecule has 1 aromatic rings. The van der Waals surface area contributed by atoms with Crippen LogP contribution in [-0.2, 0) is 6.54 Å². The summed E-state index contributed by atoms with van der Waals surface area (Å²) in [5.74, 6) is 0.704. The van der Waals surface area contributed by atoms with Gasteiger partial charge in [0.15, 0.2) is 6.61 Å². The van der Waals surface area contributed by atoms with E-state index < -0.39 is 0 Å². The Morgan fingerprint density at radius 1 is 1.44 bits per heavy atom. The van der Waals surface area contributed by atoms with Gasteiger partial charge in [0, 0.05) is 18.7 Å². The Kier molecular flexibility index (Phi) is 5.63. The van der Waals surface area contributed by atoms with E-state index in [0.717, 1.165) is 5.56 Å². The summed E-state index contributed by atoms with van der Waals surface area (Å²) in [6, 6.07) is 9.60. The van der Waals surface area contributed by atoms with Gasteiger partial charge >= 0.3 is 0 Å². The maximum atomic E-state index is 8.95. The number of aliphatic hydroxyl groups is 1. The van der Waals surface area contributed by atoms with Crippen molar-refractivity contribution in [3.8, 4) is 11.8 Å². The van der Waals surface area contributed by atoms with Crippen LogP contribution >= 0.6 is 0 Å². The second-order valence-electron chi connectivity index (χ2n) is 4.81. The number of hydrogen-bond donors (Lipinski definition) is 2. The fraction of sp³-hybridized carbons (Fsp3) is 0.500. The minimum Gasteiger partial charge on any atom is -0.479 e. The summed E-state index contributed by atoms with van der Waals surface area (Å²) in [6.07, 6.45) is 0.706. The standard InChI is InChI=1S/C14H20N2O2/c1-14(2,6-8-17)16-11-12-4-3-5-13(10-12)18-9-7-15/h3-5,10,16-17H,6,8-9,11H2,1-2H3. The van der Waals surface area contributed by atoms with Crippen LogP contribution in [0.15, 0.2) is 24.3 Å². The molecule has 0 amide bonds. The van der Waals surface area contributed by atoms with Gasteiger partial charge < -0.3 is 15.2 Å². The molecule has 0 saturated heterocycles. The van der Waals surface area contributed by atoms with Crippen molar-refractivity contribution in [2.45, 2.75) is 32.4 Å². The quantitative estimate of drug-likeness (QED) is 0.772. The minimum absolute atomic E-state index is 0.0624. The minimum atomic E-state index is -0.0989. The third-order valence-corrected chi connectivity index (χ3v) is 2.71. The molecule has 18 heavy (non-hydrogen) atoms. The van der Waals surface area contributed by atoms with Gasteiger partial charge in [-0.15, -0.1) is 0 Å². The highest BCUT2D eigenvalue weighted by atomic mass is 16.5. The summed E-state index contributed by atoms with van der Waals surface area (Å²) in [5.41, 5.74) is 0.995. The van der Waals surface area contributed by atoms with Crippen molar-refractivity contribution in [1.29, 1.82) is 5.26 Å². The fourth-order valence-electron chi connectivity index (χ4n) is 1.57. The number of nitriles is 1. The van der Waals surface area contributed by atoms with Gasteiger partial charge in [-0.05, 0) is 38.0 Å². The normalized spacial score (nSPS) is 11.0. The van der Waals surface area contributed by atoms with Gasteiger partial charge in [-0.1, -0.05) is 12.1 Å². The zero-order chi connectivity index (χ0) is 13.4. The van der Waals surface area contributed by atoms with Crippen LogP contribution in [0.25, 0.3) is 0 Å². The first kappa shape index (κ1) is 14.5. The second kappa shape index (κ2) is 7.00. The molecule has 0 heterocycles. The van der Waals surface area contributed by atoms with Crippen LogP contribution in [0.2, 0.25) is 0 Å². The van der Waals surface area contributed by atoms with Gasteiger partial charge in [-0.3, -0.25) is 0 Å². The van der Waals surface area contributed by atoms with Crippen molar-refractivity contribution in [2.75, 3.05) is 13.2 Å². The van der Waals surface area contributed by atoms with E-state index in [9.17, 15) is 0 Å². The molecular formula is C14H20N2O2. The van der Waals surface area contributed by atoms with E-state index in [0.29, 0.717) is 18.7 Å². The molecule has 0 fully saturated rings. The van der Waals surface area contributed by atoms with Gasteiger partial charge in [0.2, 0.25) is 0 Å². The van der Waals surface area contributed by atoms with Gasteiger partial charge in [-0.2, -0.15) is 5.26 Å². The predicted molar refractivity (Wildman–Crippen MR) is 70.2 cm³/mol. The molecule has 0 radical (unpaired) electrons. The van der Waals surface area contributed by atoms with Crippen LogP contribution < -0.4 is 10.1 Å². The van der Waals surface area contributed by atoms with Crippen molar-refractivity contribution in [3.63, 3.8) is 0 Å². The van der Waals surface area contributed by atoms with E-state index >= 15 is 0 Å². The van der Waals surface area contributed by atoms with Crippen molar-refractivity contribution >= 4 is 0 Å². The lowest BCUT2D eigenvalue weighted by Crippen LogP contribution is -2.39. The Morgan fingerprint density at radius 3 is 2.89 bits per heavy atom. The average molecular weight is 248 g/mol. The highest BCUT2D eigenvalue weighted by Crippen LogP contribution is 2.15. The Morgan fingerprint density at radius 2 is 2.22 bits per heavy atom. The van der Waals surface area contributed by atoms with Crippen molar-refractivity contribution in [1.82, 2.24) is 5.32 Å². The second-order valence-corrected chi connectivity index (χ2v) is 4.81. The number of hydrogen-bond acceptors (Lipinski definition) is 4. The van der Waals surface area contributed by atoms with Gasteiger partial charge in [0.25, 0.3) is 0 Å². The monoisotopic (exact) mass is 248 g/mol. The van der Waals surface area contributed by atoms with E-state index in [-0.39, 0.29) is 18.8 Å². The maximum Gasteiger partial charge on any atom is 0.174 e. The van der Waals surface area contributed by atoms with Crippen LogP contribution in [0, 0.1) is 11.3 Å². The summed E-state index contributed by atoms with van der Waals surface area (Å²) >= 11 is 0. The summed E-state index contributed by atoms with van der Waals surface area (Å²) in [7, 11) is 0. The molecular weight excluding hydrogens is 228 g/mol. The molecule has 0 aliphatic heterocycles. The van der Waals surface area contributed by atoms with Gasteiger partial charge in [0.1, 0.15) is 11.8 Å². The molecule has 0 bridgehead atoms. The lowest BCUT2D eigenvalue weighted by Gasteiger charge is -2.25. The van der Waals surface area contributed by atoms with Crippen molar-refractivity contribution in [3.05, 3.63) is 29.8 Å². The Labute approximate surface area is 108 Å². The zero-order valence-corrected chi connectivity index (χ0v) is 10.9. The highest BCUT2D eigenvalue weighted by Gasteiger charge is 2.15. The van der Waals surface area contributed by atoms with Crippen molar-refractivity contribution in [2.24, 2.45) is 0 Å². The van der Waals surface area contributed by atoms with E-state index in [1.54, 1.807) is 0 Å². The molecule has 1 rings (SSSR count). The van der Waals surface area contributed by atoms with Gasteiger partial charge in [0.05, 0.1) is 0 Å². The largest absolute Gasteiger partial charge is 0.479 e. The average Bonchev–Trinajstić information content (AvgIpc) is 2.35. The molecule has 0 aliphatic carbocycles. The molecule has 1 aromatic carbocycles. The van der Waals surface area contributed by atoms with E-state index in [4.69, 9.17) is 15.1 Å². The van der Waals surface area contributed by atoms with E-state index in [1.807, 2.05) is 30.3 Å². The van der Waals surface area contributed by atoms with E-state index in [2.05, 4.69) is 19.2 Å². The third-order valence-electron chi connectivity index (χ3n) is 2.71. The molecule has 0 spiro atoms. The smallest absolute Gasteiger partial charge is 0.174 e. The zero-order valence-electron chi connectivity index (χ0n) is 10.9. The third kappa shape index (κ3) is 5.17. The molecule has 0 saturated carbocycles. The Bertz CT molecular complexity index is 411. The highest BCUT2D eigenvalue weighted by molar-refractivity contribution is 5.28. The number of aliphatic hydroxyl groups excluding tert-OH is 1. The lowest BCUT2D eigenvalue weighted by atomic mass is 10.0. The maximum absolute atomic E-state index is 8.95. The first-order valence-corrected chi connectivity index (χ1v) is 6.02. The van der Waals surface area contributed by atoms with Crippen molar-refractivity contribution < 1.29 is 9.84 Å². The van der Waals surface area contributed by atoms with Crippen LogP contribution in [0.1, 0.15) is 25.8 Å². The predicted octanol–water partition coefficient (Wildman–Crippen LogP) is 1.84. The molecule has 0 unspecified atom stereocenters. The van der Waals surface area contributed by atoms with Crippen LogP contribution in [-0.4, -0.2) is 23.9 Å². The fourth-order valence-corrected chi connectivity index (χ4v) is 1.57. The number of ether oxygens (including phenoxy) is 1. The number of nitrogens with zero attached hydrogens (tertiary/aromatic N) is 1. The number of nitrogens with one attached hydrogen (secondary N) is 1. The molecule has 0 atom stereocenters. The molecule has 4 nitrogen and oxygen atoms in total. The van der Waals surface area contributed by atoms with Crippen LogP contribution in [0.5, 0.6) is 5.75 Å².